The molecule has 19 heavy (non-hydrogen) atoms. The number of hydrogen-bond acceptors (Lipinski definition) is 4. The second kappa shape index (κ2) is 5.39. The van der Waals surface area contributed by atoms with Crippen molar-refractivity contribution in [3.05, 3.63) is 45.7 Å². The fourth-order valence-corrected chi connectivity index (χ4v) is 3.00. The zero-order valence-electron chi connectivity index (χ0n) is 12.0. The van der Waals surface area contributed by atoms with E-state index in [9.17, 15) is 0 Å². The number of nitrogens with zero attached hydrogens (tertiary/aromatic N) is 2. The van der Waals surface area contributed by atoms with Crippen LogP contribution in [-0.4, -0.2) is 9.97 Å². The molecular weight excluding hydrogens is 254 g/mol. The maximum absolute atomic E-state index is 6.25. The van der Waals surface area contributed by atoms with E-state index in [2.05, 4.69) is 36.1 Å². The molecular formula is C15H21N3S. The molecule has 1 unspecified atom stereocenters. The van der Waals surface area contributed by atoms with E-state index in [0.717, 1.165) is 28.4 Å². The predicted molar refractivity (Wildman–Crippen MR) is 80.4 cm³/mol. The Labute approximate surface area is 118 Å². The monoisotopic (exact) mass is 275 g/mol. The van der Waals surface area contributed by atoms with Crippen molar-refractivity contribution < 1.29 is 0 Å². The summed E-state index contributed by atoms with van der Waals surface area (Å²) in [4.78, 5) is 9.07. The molecule has 0 aliphatic heterocycles. The highest BCUT2D eigenvalue weighted by atomic mass is 32.1. The number of aromatic nitrogens is 2. The molecule has 0 aromatic carbocycles. The number of pyridine rings is 1. The molecule has 2 heterocycles. The average molecular weight is 275 g/mol. The van der Waals surface area contributed by atoms with E-state index in [-0.39, 0.29) is 11.5 Å². The second-order valence-corrected chi connectivity index (χ2v) is 6.84. The number of nitrogens with two attached hydrogens (primary N) is 1. The molecule has 0 bridgehead atoms. The van der Waals surface area contributed by atoms with Crippen molar-refractivity contribution in [3.63, 3.8) is 0 Å². The lowest BCUT2D eigenvalue weighted by Gasteiger charge is -2.15. The zero-order valence-corrected chi connectivity index (χ0v) is 12.8. The van der Waals surface area contributed by atoms with Crippen LogP contribution in [0.1, 0.15) is 48.8 Å². The van der Waals surface area contributed by atoms with Gasteiger partial charge in [0, 0.05) is 23.4 Å². The average Bonchev–Trinajstić information content (AvgIpc) is 2.77. The highest BCUT2D eigenvalue weighted by molar-refractivity contribution is 7.09. The van der Waals surface area contributed by atoms with E-state index in [0.29, 0.717) is 0 Å². The Balaban J connectivity index is 2.14. The summed E-state index contributed by atoms with van der Waals surface area (Å²) in [5.41, 5.74) is 9.59. The molecule has 0 saturated heterocycles. The van der Waals surface area contributed by atoms with Gasteiger partial charge in [0.05, 0.1) is 22.4 Å². The summed E-state index contributed by atoms with van der Waals surface area (Å²) in [6.07, 6.45) is 2.54. The van der Waals surface area contributed by atoms with Crippen LogP contribution in [0.15, 0.2) is 23.7 Å². The van der Waals surface area contributed by atoms with Crippen LogP contribution >= 0.6 is 11.3 Å². The van der Waals surface area contributed by atoms with Crippen molar-refractivity contribution in [2.24, 2.45) is 5.73 Å². The summed E-state index contributed by atoms with van der Waals surface area (Å²) in [6, 6.07) is 3.90. The molecule has 2 aromatic rings. The van der Waals surface area contributed by atoms with Crippen LogP contribution in [0.2, 0.25) is 0 Å². The first-order chi connectivity index (χ1) is 8.88. The van der Waals surface area contributed by atoms with Crippen LogP contribution in [0.25, 0.3) is 0 Å². The number of hydrogen-bond donors (Lipinski definition) is 1. The van der Waals surface area contributed by atoms with Gasteiger partial charge in [-0.1, -0.05) is 26.8 Å². The molecule has 0 spiro atoms. The Bertz CT molecular complexity index is 555. The fraction of sp³-hybridized carbons (Fsp3) is 0.467. The smallest absolute Gasteiger partial charge is 0.0948 e. The van der Waals surface area contributed by atoms with Gasteiger partial charge in [-0.15, -0.1) is 11.3 Å². The summed E-state index contributed by atoms with van der Waals surface area (Å²) in [6.45, 7) is 8.57. The summed E-state index contributed by atoms with van der Waals surface area (Å²) in [5.74, 6) is 0. The Morgan fingerprint density at radius 3 is 2.68 bits per heavy atom. The maximum Gasteiger partial charge on any atom is 0.0948 e. The van der Waals surface area contributed by atoms with Crippen molar-refractivity contribution in [3.8, 4) is 0 Å². The molecule has 0 saturated carbocycles. The van der Waals surface area contributed by atoms with Crippen LogP contribution in [0.5, 0.6) is 0 Å². The van der Waals surface area contributed by atoms with E-state index in [1.54, 1.807) is 17.5 Å². The molecule has 3 nitrogen and oxygen atoms in total. The Morgan fingerprint density at radius 1 is 1.37 bits per heavy atom. The van der Waals surface area contributed by atoms with E-state index < -0.39 is 0 Å². The minimum Gasteiger partial charge on any atom is -0.322 e. The van der Waals surface area contributed by atoms with Gasteiger partial charge < -0.3 is 5.73 Å². The van der Waals surface area contributed by atoms with Crippen LogP contribution in [-0.2, 0) is 11.8 Å². The summed E-state index contributed by atoms with van der Waals surface area (Å²) in [5, 5.41) is 3.22. The van der Waals surface area contributed by atoms with Crippen molar-refractivity contribution in [2.75, 3.05) is 0 Å². The third kappa shape index (κ3) is 3.39. The quantitative estimate of drug-likeness (QED) is 0.934. The number of thiazole rings is 1. The largest absolute Gasteiger partial charge is 0.322 e. The van der Waals surface area contributed by atoms with Crippen molar-refractivity contribution >= 4 is 11.3 Å². The Kier molecular flexibility index (Phi) is 4.02. The lowest BCUT2D eigenvalue weighted by molar-refractivity contribution is 0.568. The van der Waals surface area contributed by atoms with Gasteiger partial charge in [-0.3, -0.25) is 4.98 Å². The van der Waals surface area contributed by atoms with Gasteiger partial charge in [0.1, 0.15) is 0 Å². The van der Waals surface area contributed by atoms with E-state index in [4.69, 9.17) is 5.73 Å². The summed E-state index contributed by atoms with van der Waals surface area (Å²) < 4.78 is 0. The third-order valence-corrected chi connectivity index (χ3v) is 3.99. The molecule has 0 aliphatic carbocycles. The van der Waals surface area contributed by atoms with Gasteiger partial charge in [0.2, 0.25) is 0 Å². The topological polar surface area (TPSA) is 51.8 Å². The van der Waals surface area contributed by atoms with Gasteiger partial charge in [0.15, 0.2) is 0 Å². The molecule has 102 valence electrons. The number of rotatable bonds is 3. The van der Waals surface area contributed by atoms with Crippen LogP contribution in [0, 0.1) is 6.92 Å². The number of aryl methyl sites for hydroxylation is 1. The van der Waals surface area contributed by atoms with Gasteiger partial charge in [-0.2, -0.15) is 0 Å². The first-order valence-electron chi connectivity index (χ1n) is 6.50. The normalized spacial score (nSPS) is 13.5. The maximum atomic E-state index is 6.25. The molecule has 0 fully saturated rings. The van der Waals surface area contributed by atoms with E-state index in [1.807, 2.05) is 19.1 Å². The van der Waals surface area contributed by atoms with Crippen molar-refractivity contribution in [2.45, 2.75) is 45.6 Å². The Morgan fingerprint density at radius 2 is 2.11 bits per heavy atom. The lowest BCUT2D eigenvalue weighted by Crippen LogP contribution is -2.17. The minimum atomic E-state index is -0.0832. The van der Waals surface area contributed by atoms with E-state index in [1.165, 1.54) is 0 Å². The second-order valence-electron chi connectivity index (χ2n) is 5.89. The Hall–Kier alpha value is -1.26. The summed E-state index contributed by atoms with van der Waals surface area (Å²) >= 11 is 1.69. The molecule has 2 N–H and O–H groups in total. The molecule has 0 aliphatic rings. The highest BCUT2D eigenvalue weighted by Gasteiger charge is 2.19. The summed E-state index contributed by atoms with van der Waals surface area (Å²) in [7, 11) is 0. The molecule has 2 aromatic heterocycles. The molecule has 2 rings (SSSR count). The predicted octanol–water partition coefficient (Wildman–Crippen LogP) is 3.39. The van der Waals surface area contributed by atoms with Crippen LogP contribution < -0.4 is 5.73 Å². The van der Waals surface area contributed by atoms with Crippen LogP contribution in [0.4, 0.5) is 0 Å². The van der Waals surface area contributed by atoms with E-state index >= 15 is 0 Å². The zero-order chi connectivity index (χ0) is 14.0. The first kappa shape index (κ1) is 14.2. The SMILES string of the molecule is Cc1cccnc1C(N)Cc1nc(C(C)(C)C)cs1. The van der Waals surface area contributed by atoms with Crippen LogP contribution in [0.3, 0.4) is 0 Å². The molecule has 0 radical (unpaired) electrons. The van der Waals surface area contributed by atoms with Gasteiger partial charge in [0.25, 0.3) is 0 Å². The molecule has 1 atom stereocenters. The van der Waals surface area contributed by atoms with Crippen molar-refractivity contribution in [1.29, 1.82) is 0 Å². The fourth-order valence-electron chi connectivity index (χ4n) is 1.92. The van der Waals surface area contributed by atoms with Crippen molar-refractivity contribution in [1.82, 2.24) is 9.97 Å². The molecule has 0 amide bonds. The minimum absolute atomic E-state index is 0.0832. The highest BCUT2D eigenvalue weighted by Crippen LogP contribution is 2.26. The first-order valence-corrected chi connectivity index (χ1v) is 7.38. The van der Waals surface area contributed by atoms with Gasteiger partial charge >= 0.3 is 0 Å². The molecule has 4 heteroatoms. The standard InChI is InChI=1S/C15H21N3S/c1-10-6-5-7-17-14(10)11(16)8-13-18-12(9-19-13)15(2,3)4/h5-7,9,11H,8,16H2,1-4H3. The van der Waals surface area contributed by atoms with Gasteiger partial charge in [-0.05, 0) is 18.6 Å². The van der Waals surface area contributed by atoms with Gasteiger partial charge in [-0.25, -0.2) is 4.98 Å². The lowest BCUT2D eigenvalue weighted by atomic mass is 9.93. The third-order valence-electron chi connectivity index (χ3n) is 3.12.